The number of hydrogen-bond acceptors (Lipinski definition) is 4. The van der Waals surface area contributed by atoms with Crippen molar-refractivity contribution in [1.29, 1.82) is 0 Å². The summed E-state index contributed by atoms with van der Waals surface area (Å²) in [7, 11) is 1.36. The van der Waals surface area contributed by atoms with Crippen LogP contribution in [0.3, 0.4) is 0 Å². The molecule has 0 amide bonds. The van der Waals surface area contributed by atoms with Gasteiger partial charge in [-0.2, -0.15) is 0 Å². The molecule has 2 rings (SSSR count). The molecule has 1 atom stereocenters. The van der Waals surface area contributed by atoms with E-state index in [1.165, 1.54) is 12.7 Å². The van der Waals surface area contributed by atoms with Crippen LogP contribution in [-0.2, 0) is 4.74 Å². The molecule has 2 aromatic carbocycles. The zero-order chi connectivity index (χ0) is 15.4. The number of esters is 1. The van der Waals surface area contributed by atoms with Crippen molar-refractivity contribution in [2.45, 2.75) is 19.9 Å². The van der Waals surface area contributed by atoms with E-state index in [0.29, 0.717) is 16.9 Å². The zero-order valence-corrected chi connectivity index (χ0v) is 12.5. The Morgan fingerprint density at radius 3 is 2.48 bits per heavy atom. The molecule has 0 bridgehead atoms. The summed E-state index contributed by atoms with van der Waals surface area (Å²) in [4.78, 5) is 11.8. The summed E-state index contributed by atoms with van der Waals surface area (Å²) in [6.07, 6.45) is 0. The van der Waals surface area contributed by atoms with Crippen LogP contribution in [0, 0.1) is 6.92 Å². The number of benzene rings is 2. The number of anilines is 2. The van der Waals surface area contributed by atoms with Crippen LogP contribution in [0.1, 0.15) is 34.5 Å². The summed E-state index contributed by atoms with van der Waals surface area (Å²) >= 11 is 0. The molecule has 0 saturated heterocycles. The van der Waals surface area contributed by atoms with Gasteiger partial charge < -0.3 is 15.8 Å². The van der Waals surface area contributed by atoms with Gasteiger partial charge in [0.25, 0.3) is 0 Å². The van der Waals surface area contributed by atoms with E-state index in [9.17, 15) is 4.79 Å². The van der Waals surface area contributed by atoms with E-state index in [2.05, 4.69) is 29.6 Å². The summed E-state index contributed by atoms with van der Waals surface area (Å²) in [6.45, 7) is 4.07. The number of nitrogen functional groups attached to an aromatic ring is 1. The van der Waals surface area contributed by atoms with Crippen LogP contribution >= 0.6 is 0 Å². The molecule has 0 aliphatic heterocycles. The summed E-state index contributed by atoms with van der Waals surface area (Å²) in [5, 5.41) is 3.30. The third-order valence-corrected chi connectivity index (χ3v) is 3.44. The number of hydrogen-bond donors (Lipinski definition) is 2. The van der Waals surface area contributed by atoms with E-state index in [1.54, 1.807) is 18.2 Å². The van der Waals surface area contributed by atoms with Gasteiger partial charge in [-0.1, -0.05) is 35.9 Å². The van der Waals surface area contributed by atoms with Gasteiger partial charge in [0.15, 0.2) is 0 Å². The third-order valence-electron chi connectivity index (χ3n) is 3.44. The van der Waals surface area contributed by atoms with Crippen molar-refractivity contribution in [3.8, 4) is 0 Å². The Bertz CT molecular complexity index is 636. The average Bonchev–Trinajstić information content (AvgIpc) is 2.49. The Morgan fingerprint density at radius 2 is 1.86 bits per heavy atom. The van der Waals surface area contributed by atoms with Crippen molar-refractivity contribution in [3.63, 3.8) is 0 Å². The molecule has 21 heavy (non-hydrogen) atoms. The first kappa shape index (κ1) is 14.9. The number of nitrogens with one attached hydrogen (secondary N) is 1. The van der Waals surface area contributed by atoms with E-state index in [4.69, 9.17) is 10.5 Å². The van der Waals surface area contributed by atoms with Crippen molar-refractivity contribution >= 4 is 17.3 Å². The van der Waals surface area contributed by atoms with E-state index < -0.39 is 5.97 Å². The highest BCUT2D eigenvalue weighted by Crippen LogP contribution is 2.28. The Kier molecular flexibility index (Phi) is 4.48. The second-order valence-electron chi connectivity index (χ2n) is 5.04. The lowest BCUT2D eigenvalue weighted by atomic mass is 10.0. The number of para-hydroxylation sites is 1. The lowest BCUT2D eigenvalue weighted by Gasteiger charge is -2.19. The molecule has 0 aliphatic rings. The van der Waals surface area contributed by atoms with E-state index in [-0.39, 0.29) is 6.04 Å². The monoisotopic (exact) mass is 284 g/mol. The molecule has 0 fully saturated rings. The second-order valence-corrected chi connectivity index (χ2v) is 5.04. The van der Waals surface area contributed by atoms with Gasteiger partial charge in [0.05, 0.1) is 24.0 Å². The fraction of sp³-hybridized carbons (Fsp3) is 0.235. The molecule has 4 heteroatoms. The van der Waals surface area contributed by atoms with Crippen molar-refractivity contribution in [3.05, 3.63) is 59.2 Å². The largest absolute Gasteiger partial charge is 0.465 e. The molecule has 0 heterocycles. The van der Waals surface area contributed by atoms with Crippen molar-refractivity contribution in [1.82, 2.24) is 0 Å². The molecule has 0 radical (unpaired) electrons. The van der Waals surface area contributed by atoms with Crippen molar-refractivity contribution < 1.29 is 9.53 Å². The Labute approximate surface area is 124 Å². The summed E-state index contributed by atoms with van der Waals surface area (Å²) in [6, 6.07) is 13.5. The number of methoxy groups -OCH3 is 1. The molecule has 2 aromatic rings. The van der Waals surface area contributed by atoms with Crippen molar-refractivity contribution in [2.75, 3.05) is 18.2 Å². The summed E-state index contributed by atoms with van der Waals surface area (Å²) in [5.74, 6) is -0.402. The molecule has 110 valence electrons. The standard InChI is InChI=1S/C17H20N2O2/c1-11-7-9-13(10-8-11)12(2)19-16-14(17(20)21-3)5-4-6-15(16)18/h4-10,12,19H,18H2,1-3H3. The number of carbonyl (C=O) groups is 1. The number of aryl methyl sites for hydroxylation is 1. The Hall–Kier alpha value is -2.49. The molecule has 0 aromatic heterocycles. The van der Waals surface area contributed by atoms with E-state index in [0.717, 1.165) is 5.56 Å². The molecule has 0 saturated carbocycles. The number of carbonyl (C=O) groups excluding carboxylic acids is 1. The minimum absolute atomic E-state index is 0.0266. The van der Waals surface area contributed by atoms with Gasteiger partial charge in [0.1, 0.15) is 0 Å². The maximum absolute atomic E-state index is 11.8. The van der Waals surface area contributed by atoms with Crippen LogP contribution in [0.4, 0.5) is 11.4 Å². The first-order valence-corrected chi connectivity index (χ1v) is 6.83. The fourth-order valence-electron chi connectivity index (χ4n) is 2.17. The normalized spacial score (nSPS) is 11.8. The molecule has 0 spiro atoms. The lowest BCUT2D eigenvalue weighted by molar-refractivity contribution is 0.0602. The Balaban J connectivity index is 2.30. The van der Waals surface area contributed by atoms with Gasteiger partial charge in [-0.3, -0.25) is 0 Å². The maximum Gasteiger partial charge on any atom is 0.340 e. The minimum Gasteiger partial charge on any atom is -0.465 e. The number of nitrogens with two attached hydrogens (primary N) is 1. The molecule has 1 unspecified atom stereocenters. The first-order valence-electron chi connectivity index (χ1n) is 6.83. The predicted molar refractivity (Wildman–Crippen MR) is 85.4 cm³/mol. The topological polar surface area (TPSA) is 64.3 Å². The Morgan fingerprint density at radius 1 is 1.19 bits per heavy atom. The van der Waals surface area contributed by atoms with Gasteiger partial charge in [0.2, 0.25) is 0 Å². The molecular weight excluding hydrogens is 264 g/mol. The van der Waals surface area contributed by atoms with Crippen LogP contribution in [0.2, 0.25) is 0 Å². The molecule has 4 nitrogen and oxygen atoms in total. The highest BCUT2D eigenvalue weighted by molar-refractivity contribution is 5.98. The van der Waals surface area contributed by atoms with Crippen LogP contribution in [-0.4, -0.2) is 13.1 Å². The lowest BCUT2D eigenvalue weighted by Crippen LogP contribution is -2.13. The van der Waals surface area contributed by atoms with Gasteiger partial charge in [-0.05, 0) is 31.5 Å². The molecule has 0 aliphatic carbocycles. The number of rotatable bonds is 4. The fourth-order valence-corrected chi connectivity index (χ4v) is 2.17. The van der Waals surface area contributed by atoms with E-state index in [1.807, 2.05) is 13.8 Å². The maximum atomic E-state index is 11.8. The SMILES string of the molecule is COC(=O)c1cccc(N)c1NC(C)c1ccc(C)cc1. The summed E-state index contributed by atoms with van der Waals surface area (Å²) < 4.78 is 4.80. The predicted octanol–water partition coefficient (Wildman–Crippen LogP) is 3.54. The van der Waals surface area contributed by atoms with Crippen molar-refractivity contribution in [2.24, 2.45) is 0 Å². The van der Waals surface area contributed by atoms with Gasteiger partial charge >= 0.3 is 5.97 Å². The van der Waals surface area contributed by atoms with Gasteiger partial charge in [-0.15, -0.1) is 0 Å². The smallest absolute Gasteiger partial charge is 0.340 e. The number of ether oxygens (including phenoxy) is 1. The van der Waals surface area contributed by atoms with Gasteiger partial charge in [-0.25, -0.2) is 4.79 Å². The van der Waals surface area contributed by atoms with Crippen LogP contribution in [0.25, 0.3) is 0 Å². The van der Waals surface area contributed by atoms with Gasteiger partial charge in [0, 0.05) is 6.04 Å². The molecule has 3 N–H and O–H groups in total. The van der Waals surface area contributed by atoms with Crippen LogP contribution < -0.4 is 11.1 Å². The van der Waals surface area contributed by atoms with E-state index >= 15 is 0 Å². The quantitative estimate of drug-likeness (QED) is 0.666. The third kappa shape index (κ3) is 3.34. The summed E-state index contributed by atoms with van der Waals surface area (Å²) in [5.41, 5.74) is 9.90. The molecular formula is C17H20N2O2. The second kappa shape index (κ2) is 6.31. The minimum atomic E-state index is -0.402. The zero-order valence-electron chi connectivity index (χ0n) is 12.5. The van der Waals surface area contributed by atoms with Crippen LogP contribution in [0.15, 0.2) is 42.5 Å². The average molecular weight is 284 g/mol. The van der Waals surface area contributed by atoms with Crippen LogP contribution in [0.5, 0.6) is 0 Å². The highest BCUT2D eigenvalue weighted by Gasteiger charge is 2.16. The first-order chi connectivity index (χ1) is 10.0. The highest BCUT2D eigenvalue weighted by atomic mass is 16.5.